The Balaban J connectivity index is 1.43. The normalized spacial score (nSPS) is 17.6. The van der Waals surface area contributed by atoms with Crippen LogP contribution >= 0.6 is 11.3 Å². The fraction of sp³-hybridized carbons (Fsp3) is 0.286. The third-order valence-corrected chi connectivity index (χ3v) is 6.33. The Morgan fingerprint density at radius 2 is 2.00 bits per heavy atom. The lowest BCUT2D eigenvalue weighted by Crippen LogP contribution is -2.39. The lowest BCUT2D eigenvalue weighted by atomic mass is 10.0. The second-order valence-electron chi connectivity index (χ2n) is 6.92. The minimum absolute atomic E-state index is 0.0572. The van der Waals surface area contributed by atoms with Crippen LogP contribution in [0.5, 0.6) is 0 Å². The molecule has 0 spiro atoms. The van der Waals surface area contributed by atoms with Crippen molar-refractivity contribution in [3.8, 4) is 0 Å². The Morgan fingerprint density at radius 3 is 2.93 bits per heavy atom. The van der Waals surface area contributed by atoms with Gasteiger partial charge in [-0.2, -0.15) is 0 Å². The van der Waals surface area contributed by atoms with Crippen LogP contribution in [-0.4, -0.2) is 27.5 Å². The number of hydrogen-bond acceptors (Lipinski definition) is 5. The summed E-state index contributed by atoms with van der Waals surface area (Å²) in [6, 6.07) is 15.9. The van der Waals surface area contributed by atoms with E-state index < -0.39 is 0 Å². The number of rotatable bonds is 3. The molecule has 1 atom stereocenters. The SMILES string of the molecule is O=C(Cc1noc2ccccc12)N1CCCC[C@@H]1c1nc2ccccc2s1. The highest BCUT2D eigenvalue weighted by molar-refractivity contribution is 7.18. The summed E-state index contributed by atoms with van der Waals surface area (Å²) in [4.78, 5) is 19.9. The van der Waals surface area contributed by atoms with Crippen molar-refractivity contribution in [3.63, 3.8) is 0 Å². The zero-order valence-electron chi connectivity index (χ0n) is 14.8. The molecule has 2 aromatic carbocycles. The lowest BCUT2D eigenvalue weighted by Gasteiger charge is -2.34. The first kappa shape index (κ1) is 16.4. The molecule has 1 saturated heterocycles. The Morgan fingerprint density at radius 1 is 1.15 bits per heavy atom. The summed E-state index contributed by atoms with van der Waals surface area (Å²) in [5, 5.41) is 6.08. The maximum Gasteiger partial charge on any atom is 0.229 e. The number of hydrogen-bond donors (Lipinski definition) is 0. The molecule has 5 nitrogen and oxygen atoms in total. The molecule has 0 N–H and O–H groups in total. The molecular weight excluding hydrogens is 358 g/mol. The van der Waals surface area contributed by atoms with Gasteiger partial charge in [0.15, 0.2) is 5.58 Å². The average molecular weight is 377 g/mol. The van der Waals surface area contributed by atoms with Crippen molar-refractivity contribution in [2.45, 2.75) is 31.7 Å². The molecule has 27 heavy (non-hydrogen) atoms. The lowest BCUT2D eigenvalue weighted by molar-refractivity contribution is -0.134. The summed E-state index contributed by atoms with van der Waals surface area (Å²) in [6.07, 6.45) is 3.38. The smallest absolute Gasteiger partial charge is 0.229 e. The minimum atomic E-state index is 0.0572. The number of likely N-dealkylation sites (tertiary alicyclic amines) is 1. The number of carbonyl (C=O) groups is 1. The second kappa shape index (κ2) is 6.78. The van der Waals surface area contributed by atoms with Gasteiger partial charge in [-0.3, -0.25) is 4.79 Å². The van der Waals surface area contributed by atoms with E-state index in [2.05, 4.69) is 11.2 Å². The standard InChI is InChI=1S/C21H19N3O2S/c25-20(13-16-14-7-1-3-10-18(14)26-23-16)24-12-6-5-9-17(24)21-22-15-8-2-4-11-19(15)27-21/h1-4,7-8,10-11,17H,5-6,9,12-13H2/t17-/m1/s1. The summed E-state index contributed by atoms with van der Waals surface area (Å²) in [5.74, 6) is 0.0954. The molecule has 4 aromatic rings. The van der Waals surface area contributed by atoms with E-state index in [-0.39, 0.29) is 18.4 Å². The Hall–Kier alpha value is -2.73. The van der Waals surface area contributed by atoms with Gasteiger partial charge in [-0.25, -0.2) is 4.98 Å². The number of aromatic nitrogens is 2. The van der Waals surface area contributed by atoms with Crippen molar-refractivity contribution < 1.29 is 9.32 Å². The molecule has 1 aliphatic rings. The van der Waals surface area contributed by atoms with Crippen molar-refractivity contribution in [2.24, 2.45) is 0 Å². The first-order valence-corrected chi connectivity index (χ1v) is 10.1. The van der Waals surface area contributed by atoms with Crippen LogP contribution in [0.4, 0.5) is 0 Å². The number of nitrogens with zero attached hydrogens (tertiary/aromatic N) is 3. The van der Waals surface area contributed by atoms with E-state index in [4.69, 9.17) is 9.51 Å². The maximum absolute atomic E-state index is 13.1. The number of carbonyl (C=O) groups excluding carboxylic acids is 1. The monoisotopic (exact) mass is 377 g/mol. The Labute approximate surface area is 160 Å². The third kappa shape index (κ3) is 3.00. The maximum atomic E-state index is 13.1. The fourth-order valence-electron chi connectivity index (χ4n) is 3.83. The molecule has 1 amide bonds. The summed E-state index contributed by atoms with van der Waals surface area (Å²) in [7, 11) is 0. The van der Waals surface area contributed by atoms with Crippen LogP contribution in [0.2, 0.25) is 0 Å². The number of thiazole rings is 1. The van der Waals surface area contributed by atoms with E-state index in [1.165, 1.54) is 4.70 Å². The number of fused-ring (bicyclic) bond motifs is 2. The topological polar surface area (TPSA) is 59.2 Å². The minimum Gasteiger partial charge on any atom is -0.356 e. The molecule has 0 aliphatic carbocycles. The molecule has 3 heterocycles. The zero-order valence-corrected chi connectivity index (χ0v) is 15.6. The van der Waals surface area contributed by atoms with E-state index in [0.29, 0.717) is 5.69 Å². The molecule has 0 bridgehead atoms. The van der Waals surface area contributed by atoms with Crippen molar-refractivity contribution in [3.05, 3.63) is 59.2 Å². The van der Waals surface area contributed by atoms with Crippen LogP contribution < -0.4 is 0 Å². The van der Waals surface area contributed by atoms with E-state index in [1.807, 2.05) is 47.4 Å². The molecule has 1 fully saturated rings. The quantitative estimate of drug-likeness (QED) is 0.518. The molecule has 0 saturated carbocycles. The Bertz CT molecular complexity index is 1080. The second-order valence-corrected chi connectivity index (χ2v) is 7.98. The predicted octanol–water partition coefficient (Wildman–Crippen LogP) is 4.73. The van der Waals surface area contributed by atoms with Crippen LogP contribution in [0.3, 0.4) is 0 Å². The third-order valence-electron chi connectivity index (χ3n) is 5.19. The number of para-hydroxylation sites is 2. The van der Waals surface area contributed by atoms with Crippen molar-refractivity contribution >= 4 is 38.4 Å². The number of benzene rings is 2. The zero-order chi connectivity index (χ0) is 18.2. The van der Waals surface area contributed by atoms with Crippen LogP contribution in [-0.2, 0) is 11.2 Å². The average Bonchev–Trinajstić information content (AvgIpc) is 3.32. The predicted molar refractivity (Wildman–Crippen MR) is 106 cm³/mol. The van der Waals surface area contributed by atoms with Gasteiger partial charge in [0.1, 0.15) is 10.7 Å². The van der Waals surface area contributed by atoms with Gasteiger partial charge >= 0.3 is 0 Å². The summed E-state index contributed by atoms with van der Waals surface area (Å²) >= 11 is 1.70. The molecule has 1 aliphatic heterocycles. The summed E-state index contributed by atoms with van der Waals surface area (Å²) in [6.45, 7) is 0.773. The van der Waals surface area contributed by atoms with Crippen molar-refractivity contribution in [1.82, 2.24) is 15.0 Å². The van der Waals surface area contributed by atoms with E-state index in [0.717, 1.165) is 47.3 Å². The highest BCUT2D eigenvalue weighted by Gasteiger charge is 2.31. The highest BCUT2D eigenvalue weighted by Crippen LogP contribution is 2.36. The molecule has 6 heteroatoms. The molecule has 0 unspecified atom stereocenters. The first-order valence-electron chi connectivity index (χ1n) is 9.28. The van der Waals surface area contributed by atoms with Crippen LogP contribution in [0.15, 0.2) is 53.1 Å². The van der Waals surface area contributed by atoms with Crippen molar-refractivity contribution in [1.29, 1.82) is 0 Å². The highest BCUT2D eigenvalue weighted by atomic mass is 32.1. The van der Waals surface area contributed by atoms with Gasteiger partial charge < -0.3 is 9.42 Å². The van der Waals surface area contributed by atoms with Gasteiger partial charge in [0.25, 0.3) is 0 Å². The largest absolute Gasteiger partial charge is 0.356 e. The van der Waals surface area contributed by atoms with Gasteiger partial charge in [-0.05, 0) is 43.5 Å². The van der Waals surface area contributed by atoms with Crippen LogP contribution in [0, 0.1) is 0 Å². The van der Waals surface area contributed by atoms with E-state index in [1.54, 1.807) is 11.3 Å². The molecule has 136 valence electrons. The first-order chi connectivity index (χ1) is 13.3. The van der Waals surface area contributed by atoms with E-state index in [9.17, 15) is 4.79 Å². The van der Waals surface area contributed by atoms with Gasteiger partial charge in [-0.15, -0.1) is 11.3 Å². The summed E-state index contributed by atoms with van der Waals surface area (Å²) in [5.41, 5.74) is 2.45. The van der Waals surface area contributed by atoms with Gasteiger partial charge in [-0.1, -0.05) is 29.4 Å². The molecule has 0 radical (unpaired) electrons. The van der Waals surface area contributed by atoms with Crippen molar-refractivity contribution in [2.75, 3.05) is 6.54 Å². The fourth-order valence-corrected chi connectivity index (χ4v) is 4.95. The van der Waals surface area contributed by atoms with Crippen LogP contribution in [0.25, 0.3) is 21.2 Å². The van der Waals surface area contributed by atoms with Gasteiger partial charge in [0, 0.05) is 11.9 Å². The molecule has 5 rings (SSSR count). The molecule has 2 aromatic heterocycles. The molecular formula is C21H19N3O2S. The van der Waals surface area contributed by atoms with E-state index >= 15 is 0 Å². The van der Waals surface area contributed by atoms with Gasteiger partial charge in [0.05, 0.1) is 22.7 Å². The number of amides is 1. The van der Waals surface area contributed by atoms with Gasteiger partial charge in [0.2, 0.25) is 5.91 Å². The Kier molecular flexibility index (Phi) is 4.13. The summed E-state index contributed by atoms with van der Waals surface area (Å²) < 4.78 is 6.53. The number of piperidine rings is 1. The van der Waals surface area contributed by atoms with Crippen LogP contribution in [0.1, 0.15) is 36.0 Å².